The highest BCUT2D eigenvalue weighted by Crippen LogP contribution is 2.18. The summed E-state index contributed by atoms with van der Waals surface area (Å²) in [5.74, 6) is 0.0491. The molecule has 1 aliphatic rings. The first-order valence-electron chi connectivity index (χ1n) is 7.22. The van der Waals surface area contributed by atoms with E-state index in [-0.39, 0.29) is 5.91 Å². The van der Waals surface area contributed by atoms with Crippen LogP contribution in [0.3, 0.4) is 0 Å². The van der Waals surface area contributed by atoms with E-state index in [1.807, 2.05) is 13.8 Å². The smallest absolute Gasteiger partial charge is 0.240 e. The molecule has 0 unspecified atom stereocenters. The Balaban J connectivity index is 2.47. The molecular weight excluding hydrogens is 212 g/mol. The standard InChI is InChI=1S/C14H28N2O/c1-3-14(15,4-2)13(17)16-12-10-8-6-5-7-9-11-12/h12H,3-11,15H2,1-2H3,(H,16,17). The van der Waals surface area contributed by atoms with Gasteiger partial charge in [0.25, 0.3) is 0 Å². The van der Waals surface area contributed by atoms with Crippen molar-refractivity contribution >= 4 is 5.91 Å². The fourth-order valence-corrected chi connectivity index (χ4v) is 2.50. The van der Waals surface area contributed by atoms with Gasteiger partial charge in [0.2, 0.25) is 5.91 Å². The van der Waals surface area contributed by atoms with Crippen LogP contribution in [-0.4, -0.2) is 17.5 Å². The van der Waals surface area contributed by atoms with Gasteiger partial charge in [-0.15, -0.1) is 0 Å². The molecule has 0 radical (unpaired) electrons. The summed E-state index contributed by atoms with van der Waals surface area (Å²) >= 11 is 0. The molecular formula is C14H28N2O. The Kier molecular flexibility index (Phi) is 5.96. The van der Waals surface area contributed by atoms with Gasteiger partial charge in [-0.3, -0.25) is 4.79 Å². The van der Waals surface area contributed by atoms with Crippen molar-refractivity contribution in [1.82, 2.24) is 5.32 Å². The van der Waals surface area contributed by atoms with Crippen molar-refractivity contribution in [3.63, 3.8) is 0 Å². The average Bonchev–Trinajstić information content (AvgIpc) is 2.31. The zero-order valence-corrected chi connectivity index (χ0v) is 11.4. The fourth-order valence-electron chi connectivity index (χ4n) is 2.50. The molecule has 3 heteroatoms. The van der Waals surface area contributed by atoms with E-state index in [9.17, 15) is 4.79 Å². The molecule has 1 fully saturated rings. The van der Waals surface area contributed by atoms with Crippen LogP contribution in [0.2, 0.25) is 0 Å². The zero-order valence-electron chi connectivity index (χ0n) is 11.4. The maximum absolute atomic E-state index is 12.2. The van der Waals surface area contributed by atoms with Gasteiger partial charge in [0.1, 0.15) is 0 Å². The summed E-state index contributed by atoms with van der Waals surface area (Å²) in [4.78, 5) is 12.2. The first-order valence-corrected chi connectivity index (χ1v) is 7.22. The molecule has 0 aliphatic heterocycles. The first kappa shape index (κ1) is 14.5. The van der Waals surface area contributed by atoms with Crippen LogP contribution < -0.4 is 11.1 Å². The van der Waals surface area contributed by atoms with E-state index in [1.165, 1.54) is 32.1 Å². The van der Waals surface area contributed by atoms with Crippen LogP contribution in [0.25, 0.3) is 0 Å². The number of hydrogen-bond donors (Lipinski definition) is 2. The van der Waals surface area contributed by atoms with E-state index in [0.29, 0.717) is 18.9 Å². The van der Waals surface area contributed by atoms with E-state index in [2.05, 4.69) is 5.32 Å². The van der Waals surface area contributed by atoms with E-state index < -0.39 is 5.54 Å². The van der Waals surface area contributed by atoms with Crippen molar-refractivity contribution in [2.45, 2.75) is 83.2 Å². The Morgan fingerprint density at radius 3 is 2.06 bits per heavy atom. The molecule has 0 heterocycles. The molecule has 17 heavy (non-hydrogen) atoms. The minimum atomic E-state index is -0.664. The first-order chi connectivity index (χ1) is 8.12. The van der Waals surface area contributed by atoms with E-state index in [4.69, 9.17) is 5.73 Å². The summed E-state index contributed by atoms with van der Waals surface area (Å²) in [6, 6.07) is 0.351. The summed E-state index contributed by atoms with van der Waals surface area (Å²) in [6.45, 7) is 3.97. The van der Waals surface area contributed by atoms with Gasteiger partial charge in [-0.25, -0.2) is 0 Å². The van der Waals surface area contributed by atoms with Gasteiger partial charge in [0.05, 0.1) is 5.54 Å². The van der Waals surface area contributed by atoms with Crippen LogP contribution in [-0.2, 0) is 4.79 Å². The lowest BCUT2D eigenvalue weighted by atomic mass is 9.91. The minimum Gasteiger partial charge on any atom is -0.352 e. The van der Waals surface area contributed by atoms with Gasteiger partial charge in [0.15, 0.2) is 0 Å². The lowest BCUT2D eigenvalue weighted by molar-refractivity contribution is -0.127. The molecule has 1 amide bonds. The summed E-state index contributed by atoms with van der Waals surface area (Å²) in [7, 11) is 0. The largest absolute Gasteiger partial charge is 0.352 e. The highest BCUT2D eigenvalue weighted by molar-refractivity contribution is 5.86. The molecule has 0 saturated heterocycles. The maximum Gasteiger partial charge on any atom is 0.240 e. The second kappa shape index (κ2) is 7.00. The second-order valence-corrected chi connectivity index (χ2v) is 5.38. The average molecular weight is 240 g/mol. The molecule has 0 spiro atoms. The van der Waals surface area contributed by atoms with Crippen LogP contribution in [0.1, 0.15) is 71.6 Å². The molecule has 0 atom stereocenters. The summed E-state index contributed by atoms with van der Waals surface area (Å²) in [5, 5.41) is 3.17. The number of hydrogen-bond acceptors (Lipinski definition) is 2. The Morgan fingerprint density at radius 2 is 1.59 bits per heavy atom. The van der Waals surface area contributed by atoms with Crippen LogP contribution in [0.15, 0.2) is 0 Å². The van der Waals surface area contributed by atoms with Gasteiger partial charge in [-0.2, -0.15) is 0 Å². The third-order valence-electron chi connectivity index (χ3n) is 4.15. The number of nitrogens with two attached hydrogens (primary N) is 1. The van der Waals surface area contributed by atoms with Crippen molar-refractivity contribution in [2.24, 2.45) is 5.73 Å². The summed E-state index contributed by atoms with van der Waals surface area (Å²) in [6.07, 6.45) is 10.1. The van der Waals surface area contributed by atoms with Crippen LogP contribution >= 0.6 is 0 Å². The van der Waals surface area contributed by atoms with Crippen LogP contribution in [0, 0.1) is 0 Å². The number of carbonyl (C=O) groups excluding carboxylic acids is 1. The Hall–Kier alpha value is -0.570. The number of nitrogens with one attached hydrogen (secondary N) is 1. The molecule has 0 aromatic carbocycles. The molecule has 0 aromatic heterocycles. The van der Waals surface area contributed by atoms with Crippen LogP contribution in [0.5, 0.6) is 0 Å². The lowest BCUT2D eigenvalue weighted by Crippen LogP contribution is -2.55. The normalized spacial score (nSPS) is 19.5. The quantitative estimate of drug-likeness (QED) is 0.794. The zero-order chi connectivity index (χ0) is 12.7. The molecule has 100 valence electrons. The monoisotopic (exact) mass is 240 g/mol. The van der Waals surface area contributed by atoms with Crippen LogP contribution in [0.4, 0.5) is 0 Å². The molecule has 3 N–H and O–H groups in total. The van der Waals surface area contributed by atoms with Crippen molar-refractivity contribution in [1.29, 1.82) is 0 Å². The third kappa shape index (κ3) is 4.30. The Labute approximate surface area is 106 Å². The van der Waals surface area contributed by atoms with E-state index in [1.54, 1.807) is 0 Å². The lowest BCUT2D eigenvalue weighted by Gasteiger charge is -2.29. The van der Waals surface area contributed by atoms with Crippen molar-refractivity contribution in [3.8, 4) is 0 Å². The van der Waals surface area contributed by atoms with Crippen molar-refractivity contribution < 1.29 is 4.79 Å². The molecule has 0 bridgehead atoms. The minimum absolute atomic E-state index is 0.0491. The van der Waals surface area contributed by atoms with Gasteiger partial charge in [-0.1, -0.05) is 46.0 Å². The van der Waals surface area contributed by atoms with Crippen molar-refractivity contribution in [3.05, 3.63) is 0 Å². The topological polar surface area (TPSA) is 55.1 Å². The van der Waals surface area contributed by atoms with E-state index in [0.717, 1.165) is 12.8 Å². The van der Waals surface area contributed by atoms with Gasteiger partial charge >= 0.3 is 0 Å². The molecule has 1 rings (SSSR count). The van der Waals surface area contributed by atoms with Gasteiger partial charge in [-0.05, 0) is 25.7 Å². The van der Waals surface area contributed by atoms with Gasteiger partial charge in [0, 0.05) is 6.04 Å². The molecule has 3 nitrogen and oxygen atoms in total. The highest BCUT2D eigenvalue weighted by Gasteiger charge is 2.31. The Bertz CT molecular complexity index is 228. The molecule has 1 aliphatic carbocycles. The predicted molar refractivity (Wildman–Crippen MR) is 71.8 cm³/mol. The molecule has 1 saturated carbocycles. The number of rotatable bonds is 4. The SMILES string of the molecule is CCC(N)(CC)C(=O)NC1CCCCCCC1. The second-order valence-electron chi connectivity index (χ2n) is 5.38. The van der Waals surface area contributed by atoms with Gasteiger partial charge < -0.3 is 11.1 Å². The Morgan fingerprint density at radius 1 is 1.12 bits per heavy atom. The molecule has 0 aromatic rings. The number of amides is 1. The summed E-state index contributed by atoms with van der Waals surface area (Å²) < 4.78 is 0. The summed E-state index contributed by atoms with van der Waals surface area (Å²) in [5.41, 5.74) is 5.45. The number of carbonyl (C=O) groups is 1. The third-order valence-corrected chi connectivity index (χ3v) is 4.15. The fraction of sp³-hybridized carbons (Fsp3) is 0.929. The maximum atomic E-state index is 12.2. The van der Waals surface area contributed by atoms with Crippen molar-refractivity contribution in [2.75, 3.05) is 0 Å². The highest BCUT2D eigenvalue weighted by atomic mass is 16.2. The van der Waals surface area contributed by atoms with E-state index >= 15 is 0 Å². The predicted octanol–water partition coefficient (Wildman–Crippen LogP) is 2.73.